The molecule has 0 fully saturated rings. The number of hydrogen-bond acceptors (Lipinski definition) is 3. The SMILES string of the molecule is COC(=O)Cc1ccc(-c2ccc[c]c2Cl)cn1. The third-order valence-corrected chi connectivity index (χ3v) is 2.81. The predicted octanol–water partition coefficient (Wildman–Crippen LogP) is 2.92. The molecule has 0 unspecified atom stereocenters. The van der Waals surface area contributed by atoms with E-state index in [1.807, 2.05) is 18.2 Å². The minimum absolute atomic E-state index is 0.172. The summed E-state index contributed by atoms with van der Waals surface area (Å²) in [6.45, 7) is 0. The molecule has 1 heterocycles. The van der Waals surface area contributed by atoms with Crippen LogP contribution in [0, 0.1) is 6.07 Å². The van der Waals surface area contributed by atoms with Crippen molar-refractivity contribution in [3.8, 4) is 11.1 Å². The van der Waals surface area contributed by atoms with Gasteiger partial charge in [0.05, 0.1) is 24.2 Å². The van der Waals surface area contributed by atoms with Gasteiger partial charge < -0.3 is 4.74 Å². The van der Waals surface area contributed by atoms with Crippen molar-refractivity contribution in [1.82, 2.24) is 4.98 Å². The van der Waals surface area contributed by atoms with Gasteiger partial charge in [-0.25, -0.2) is 0 Å². The number of carbonyl (C=O) groups excluding carboxylic acids is 1. The smallest absolute Gasteiger partial charge is 0.311 e. The van der Waals surface area contributed by atoms with Crippen molar-refractivity contribution in [2.45, 2.75) is 6.42 Å². The lowest BCUT2D eigenvalue weighted by Crippen LogP contribution is -2.05. The molecule has 1 radical (unpaired) electrons. The van der Waals surface area contributed by atoms with Gasteiger partial charge >= 0.3 is 5.97 Å². The Morgan fingerprint density at radius 1 is 1.44 bits per heavy atom. The van der Waals surface area contributed by atoms with Crippen molar-refractivity contribution in [3.05, 3.63) is 53.3 Å². The molecule has 1 aromatic carbocycles. The summed E-state index contributed by atoms with van der Waals surface area (Å²) in [5.74, 6) is -0.304. The van der Waals surface area contributed by atoms with Crippen LogP contribution in [-0.2, 0) is 16.0 Å². The van der Waals surface area contributed by atoms with Crippen LogP contribution in [0.4, 0.5) is 0 Å². The van der Waals surface area contributed by atoms with Crippen LogP contribution in [-0.4, -0.2) is 18.1 Å². The molecule has 0 saturated heterocycles. The van der Waals surface area contributed by atoms with E-state index in [-0.39, 0.29) is 12.4 Å². The zero-order chi connectivity index (χ0) is 13.0. The first-order valence-corrected chi connectivity index (χ1v) is 5.77. The molecule has 2 aromatic rings. The van der Waals surface area contributed by atoms with Gasteiger partial charge in [0, 0.05) is 23.4 Å². The van der Waals surface area contributed by atoms with E-state index in [0.717, 1.165) is 11.1 Å². The molecule has 4 heteroatoms. The second-order valence-electron chi connectivity index (χ2n) is 3.69. The van der Waals surface area contributed by atoms with Gasteiger partial charge in [-0.05, 0) is 6.07 Å². The second kappa shape index (κ2) is 5.65. The normalized spacial score (nSPS) is 10.1. The number of benzene rings is 1. The Morgan fingerprint density at radius 3 is 2.89 bits per heavy atom. The van der Waals surface area contributed by atoms with E-state index in [1.54, 1.807) is 18.3 Å². The summed E-state index contributed by atoms with van der Waals surface area (Å²) in [4.78, 5) is 15.3. The molecule has 18 heavy (non-hydrogen) atoms. The van der Waals surface area contributed by atoms with E-state index in [9.17, 15) is 4.79 Å². The number of methoxy groups -OCH3 is 1. The lowest BCUT2D eigenvalue weighted by atomic mass is 10.1. The monoisotopic (exact) mass is 260 g/mol. The maximum absolute atomic E-state index is 11.1. The first kappa shape index (κ1) is 12.6. The van der Waals surface area contributed by atoms with Crippen LogP contribution in [0.3, 0.4) is 0 Å². The predicted molar refractivity (Wildman–Crippen MR) is 69.2 cm³/mol. The second-order valence-corrected chi connectivity index (χ2v) is 4.07. The molecular formula is C14H11ClNO2. The highest BCUT2D eigenvalue weighted by molar-refractivity contribution is 6.33. The third kappa shape index (κ3) is 2.87. The largest absolute Gasteiger partial charge is 0.469 e. The van der Waals surface area contributed by atoms with Crippen LogP contribution in [0.25, 0.3) is 11.1 Å². The molecule has 0 aliphatic carbocycles. The van der Waals surface area contributed by atoms with E-state index >= 15 is 0 Å². The highest BCUT2D eigenvalue weighted by Gasteiger charge is 2.06. The number of hydrogen-bond donors (Lipinski definition) is 0. The Kier molecular flexibility index (Phi) is 3.95. The molecule has 0 bridgehead atoms. The molecule has 0 amide bonds. The number of rotatable bonds is 3. The first-order valence-electron chi connectivity index (χ1n) is 5.39. The topological polar surface area (TPSA) is 39.2 Å². The fourth-order valence-corrected chi connectivity index (χ4v) is 1.78. The zero-order valence-corrected chi connectivity index (χ0v) is 10.6. The van der Waals surface area contributed by atoms with Gasteiger partial charge in [0.15, 0.2) is 0 Å². The maximum atomic E-state index is 11.1. The highest BCUT2D eigenvalue weighted by Crippen LogP contribution is 2.26. The van der Waals surface area contributed by atoms with Crippen molar-refractivity contribution in [3.63, 3.8) is 0 Å². The van der Waals surface area contributed by atoms with E-state index < -0.39 is 0 Å². The molecule has 0 aliphatic rings. The van der Waals surface area contributed by atoms with Gasteiger partial charge in [0.25, 0.3) is 0 Å². The van der Waals surface area contributed by atoms with E-state index in [1.165, 1.54) is 7.11 Å². The van der Waals surface area contributed by atoms with Gasteiger partial charge in [-0.15, -0.1) is 0 Å². The Bertz CT molecular complexity index is 552. The molecule has 0 atom stereocenters. The molecule has 0 saturated carbocycles. The molecule has 0 N–H and O–H groups in total. The zero-order valence-electron chi connectivity index (χ0n) is 9.81. The van der Waals surface area contributed by atoms with Gasteiger partial charge in [-0.2, -0.15) is 0 Å². The van der Waals surface area contributed by atoms with Crippen LogP contribution in [0.15, 0.2) is 36.5 Å². The van der Waals surface area contributed by atoms with Crippen molar-refractivity contribution in [1.29, 1.82) is 0 Å². The van der Waals surface area contributed by atoms with Gasteiger partial charge in [0.1, 0.15) is 0 Å². The number of halogens is 1. The van der Waals surface area contributed by atoms with Gasteiger partial charge in [0.2, 0.25) is 0 Å². The summed E-state index contributed by atoms with van der Waals surface area (Å²) >= 11 is 6.05. The van der Waals surface area contributed by atoms with Crippen LogP contribution >= 0.6 is 11.6 Å². The quantitative estimate of drug-likeness (QED) is 0.797. The molecule has 0 spiro atoms. The number of esters is 1. The fourth-order valence-electron chi connectivity index (χ4n) is 1.55. The van der Waals surface area contributed by atoms with Crippen LogP contribution in [0.2, 0.25) is 5.02 Å². The van der Waals surface area contributed by atoms with Crippen LogP contribution in [0.5, 0.6) is 0 Å². The van der Waals surface area contributed by atoms with E-state index in [0.29, 0.717) is 10.7 Å². The lowest BCUT2D eigenvalue weighted by Gasteiger charge is -2.04. The standard InChI is InChI=1S/C14H11ClNO2/c1-18-14(17)8-11-7-6-10(9-16-11)12-4-2-3-5-13(12)15/h2-4,6-7,9H,8H2,1H3. The molecule has 0 aliphatic heterocycles. The number of nitrogens with zero attached hydrogens (tertiary/aromatic N) is 1. The van der Waals surface area contributed by atoms with Crippen LogP contribution < -0.4 is 0 Å². The summed E-state index contributed by atoms with van der Waals surface area (Å²) in [5, 5.41) is 0.556. The maximum Gasteiger partial charge on any atom is 0.311 e. The number of aromatic nitrogens is 1. The fraction of sp³-hybridized carbons (Fsp3) is 0.143. The summed E-state index contributed by atoms with van der Waals surface area (Å²) in [5.41, 5.74) is 2.43. The molecule has 91 valence electrons. The van der Waals surface area contributed by atoms with Crippen molar-refractivity contribution in [2.24, 2.45) is 0 Å². The summed E-state index contributed by atoms with van der Waals surface area (Å²) < 4.78 is 4.58. The Balaban J connectivity index is 2.23. The van der Waals surface area contributed by atoms with E-state index in [4.69, 9.17) is 11.6 Å². The highest BCUT2D eigenvalue weighted by atomic mass is 35.5. The minimum atomic E-state index is -0.304. The average Bonchev–Trinajstić information content (AvgIpc) is 2.40. The number of carbonyl (C=O) groups is 1. The number of ether oxygens (including phenoxy) is 1. The summed E-state index contributed by atoms with van der Waals surface area (Å²) in [6.07, 6.45) is 1.86. The molecule has 2 rings (SSSR count). The van der Waals surface area contributed by atoms with Gasteiger partial charge in [-0.3, -0.25) is 9.78 Å². The molecule has 3 nitrogen and oxygen atoms in total. The first-order chi connectivity index (χ1) is 8.70. The summed E-state index contributed by atoms with van der Waals surface area (Å²) in [7, 11) is 1.36. The minimum Gasteiger partial charge on any atom is -0.469 e. The molecular weight excluding hydrogens is 250 g/mol. The number of pyridine rings is 1. The van der Waals surface area contributed by atoms with Crippen molar-refractivity contribution < 1.29 is 9.53 Å². The van der Waals surface area contributed by atoms with Crippen molar-refractivity contribution >= 4 is 17.6 Å². The van der Waals surface area contributed by atoms with Crippen LogP contribution in [0.1, 0.15) is 5.69 Å². The van der Waals surface area contributed by atoms with Crippen molar-refractivity contribution in [2.75, 3.05) is 7.11 Å². The Hall–Kier alpha value is -1.87. The summed E-state index contributed by atoms with van der Waals surface area (Å²) in [6, 6.07) is 12.1. The van der Waals surface area contributed by atoms with Gasteiger partial charge in [-0.1, -0.05) is 35.9 Å². The van der Waals surface area contributed by atoms with E-state index in [2.05, 4.69) is 15.8 Å². The molecule has 1 aromatic heterocycles. The average molecular weight is 261 g/mol. The third-order valence-electron chi connectivity index (χ3n) is 2.49. The Labute approximate surface area is 110 Å². The Morgan fingerprint density at radius 2 is 2.28 bits per heavy atom. The lowest BCUT2D eigenvalue weighted by molar-refractivity contribution is -0.139.